The van der Waals surface area contributed by atoms with Crippen LogP contribution in [0, 0.1) is 0 Å². The number of amides is 1. The predicted octanol–water partition coefficient (Wildman–Crippen LogP) is 2.87. The molecule has 1 aliphatic heterocycles. The number of furan rings is 1. The van der Waals surface area contributed by atoms with Crippen LogP contribution >= 0.6 is 11.6 Å². The molecule has 0 radical (unpaired) electrons. The minimum absolute atomic E-state index is 0.721. The third-order valence-electron chi connectivity index (χ3n) is 3.73. The zero-order chi connectivity index (χ0) is 14.7. The molecule has 1 fully saturated rings. The van der Waals surface area contributed by atoms with Gasteiger partial charge in [-0.2, -0.15) is 0 Å². The molecule has 2 aromatic rings. The molecule has 0 bridgehead atoms. The van der Waals surface area contributed by atoms with Gasteiger partial charge in [-0.25, -0.2) is 0 Å². The fourth-order valence-corrected chi connectivity index (χ4v) is 2.61. The van der Waals surface area contributed by atoms with Crippen molar-refractivity contribution in [3.05, 3.63) is 47.2 Å². The first-order valence-electron chi connectivity index (χ1n) is 7.01. The van der Waals surface area contributed by atoms with Crippen LogP contribution in [0.1, 0.15) is 5.76 Å². The normalized spacial score (nSPS) is 16.1. The Hall–Kier alpha value is -1.78. The number of hydrogen-bond acceptors (Lipinski definition) is 3. The summed E-state index contributed by atoms with van der Waals surface area (Å²) in [5.41, 5.74) is 1.02. The summed E-state index contributed by atoms with van der Waals surface area (Å²) in [6, 6.07) is 11.6. The van der Waals surface area contributed by atoms with E-state index in [9.17, 15) is 4.79 Å². The molecule has 0 N–H and O–H groups in total. The molecule has 0 atom stereocenters. The van der Waals surface area contributed by atoms with Crippen LogP contribution in [0.25, 0.3) is 11.3 Å². The molecule has 21 heavy (non-hydrogen) atoms. The van der Waals surface area contributed by atoms with Crippen molar-refractivity contribution in [3.8, 4) is 11.3 Å². The van der Waals surface area contributed by atoms with E-state index in [1.54, 1.807) is 4.90 Å². The second-order valence-corrected chi connectivity index (χ2v) is 5.63. The maximum absolute atomic E-state index is 10.7. The Kier molecular flexibility index (Phi) is 4.27. The molecule has 1 amide bonds. The van der Waals surface area contributed by atoms with E-state index < -0.39 is 0 Å². The molecule has 0 aliphatic carbocycles. The lowest BCUT2D eigenvalue weighted by molar-refractivity contribution is -0.119. The van der Waals surface area contributed by atoms with E-state index in [0.717, 1.165) is 61.2 Å². The lowest BCUT2D eigenvalue weighted by Gasteiger charge is -2.31. The quantitative estimate of drug-likeness (QED) is 0.815. The van der Waals surface area contributed by atoms with E-state index >= 15 is 0 Å². The maximum atomic E-state index is 10.7. The van der Waals surface area contributed by atoms with Gasteiger partial charge < -0.3 is 9.32 Å². The third-order valence-corrected chi connectivity index (χ3v) is 3.98. The van der Waals surface area contributed by atoms with Crippen molar-refractivity contribution in [1.29, 1.82) is 0 Å². The van der Waals surface area contributed by atoms with Gasteiger partial charge in [0.05, 0.1) is 6.54 Å². The van der Waals surface area contributed by atoms with Crippen molar-refractivity contribution in [3.63, 3.8) is 0 Å². The van der Waals surface area contributed by atoms with Gasteiger partial charge in [0, 0.05) is 36.8 Å². The number of benzene rings is 1. The summed E-state index contributed by atoms with van der Waals surface area (Å²) in [4.78, 5) is 14.8. The van der Waals surface area contributed by atoms with Crippen molar-refractivity contribution >= 4 is 18.0 Å². The molecule has 2 heterocycles. The van der Waals surface area contributed by atoms with Crippen LogP contribution in [0.2, 0.25) is 5.02 Å². The highest BCUT2D eigenvalue weighted by Gasteiger charge is 2.16. The highest BCUT2D eigenvalue weighted by molar-refractivity contribution is 6.30. The fourth-order valence-electron chi connectivity index (χ4n) is 2.48. The highest BCUT2D eigenvalue weighted by atomic mass is 35.5. The first-order chi connectivity index (χ1) is 10.2. The minimum Gasteiger partial charge on any atom is -0.460 e. The van der Waals surface area contributed by atoms with Crippen LogP contribution in [0.3, 0.4) is 0 Å². The zero-order valence-electron chi connectivity index (χ0n) is 11.7. The SMILES string of the molecule is O=CN1CCN(Cc2ccc(-c3ccc(Cl)cc3)o2)CC1. The Bertz CT molecular complexity index is 601. The topological polar surface area (TPSA) is 36.7 Å². The second kappa shape index (κ2) is 6.33. The largest absolute Gasteiger partial charge is 0.460 e. The first-order valence-corrected chi connectivity index (χ1v) is 7.39. The first kappa shape index (κ1) is 14.2. The van der Waals surface area contributed by atoms with Crippen LogP contribution < -0.4 is 0 Å². The monoisotopic (exact) mass is 304 g/mol. The van der Waals surface area contributed by atoms with Gasteiger partial charge in [0.15, 0.2) is 0 Å². The lowest BCUT2D eigenvalue weighted by atomic mass is 10.2. The van der Waals surface area contributed by atoms with Crippen LogP contribution in [-0.2, 0) is 11.3 Å². The third kappa shape index (κ3) is 3.46. The van der Waals surface area contributed by atoms with Crippen molar-refractivity contribution < 1.29 is 9.21 Å². The van der Waals surface area contributed by atoms with Crippen molar-refractivity contribution in [1.82, 2.24) is 9.80 Å². The molecule has 1 aliphatic rings. The molecular formula is C16H17ClN2O2. The van der Waals surface area contributed by atoms with Crippen LogP contribution in [0.4, 0.5) is 0 Å². The molecule has 110 valence electrons. The summed E-state index contributed by atoms with van der Waals surface area (Å²) < 4.78 is 5.90. The molecule has 1 aromatic heterocycles. The van der Waals surface area contributed by atoms with Gasteiger partial charge in [-0.3, -0.25) is 9.69 Å². The van der Waals surface area contributed by atoms with Gasteiger partial charge in [0.1, 0.15) is 11.5 Å². The smallest absolute Gasteiger partial charge is 0.209 e. The molecule has 3 rings (SSSR count). The Labute approximate surface area is 128 Å². The van der Waals surface area contributed by atoms with E-state index in [4.69, 9.17) is 16.0 Å². The predicted molar refractivity (Wildman–Crippen MR) is 82.1 cm³/mol. The summed E-state index contributed by atoms with van der Waals surface area (Å²) >= 11 is 5.89. The average Bonchev–Trinajstić information content (AvgIpc) is 2.97. The van der Waals surface area contributed by atoms with Crippen LogP contribution in [0.15, 0.2) is 40.8 Å². The molecule has 0 spiro atoms. The lowest BCUT2D eigenvalue weighted by Crippen LogP contribution is -2.45. The molecule has 1 saturated heterocycles. The second-order valence-electron chi connectivity index (χ2n) is 5.19. The van der Waals surface area contributed by atoms with Crippen molar-refractivity contribution in [2.45, 2.75) is 6.54 Å². The summed E-state index contributed by atoms with van der Waals surface area (Å²) in [7, 11) is 0. The van der Waals surface area contributed by atoms with Crippen LogP contribution in [-0.4, -0.2) is 42.4 Å². The van der Waals surface area contributed by atoms with Crippen molar-refractivity contribution in [2.24, 2.45) is 0 Å². The average molecular weight is 305 g/mol. The molecule has 0 unspecified atom stereocenters. The summed E-state index contributed by atoms with van der Waals surface area (Å²) in [5.74, 6) is 1.80. The molecular weight excluding hydrogens is 288 g/mol. The Morgan fingerprint density at radius 2 is 1.76 bits per heavy atom. The van der Waals surface area contributed by atoms with E-state index in [-0.39, 0.29) is 0 Å². The summed E-state index contributed by atoms with van der Waals surface area (Å²) in [6.45, 7) is 4.12. The zero-order valence-corrected chi connectivity index (χ0v) is 12.4. The number of halogens is 1. The molecule has 1 aromatic carbocycles. The number of hydrogen-bond donors (Lipinski definition) is 0. The van der Waals surface area contributed by atoms with Gasteiger partial charge in [0.2, 0.25) is 6.41 Å². The molecule has 4 nitrogen and oxygen atoms in total. The van der Waals surface area contributed by atoms with E-state index in [1.165, 1.54) is 0 Å². The minimum atomic E-state index is 0.721. The Morgan fingerprint density at radius 3 is 2.43 bits per heavy atom. The van der Waals surface area contributed by atoms with Gasteiger partial charge >= 0.3 is 0 Å². The van der Waals surface area contributed by atoms with Gasteiger partial charge in [-0.05, 0) is 36.4 Å². The summed E-state index contributed by atoms with van der Waals surface area (Å²) in [5, 5.41) is 0.721. The van der Waals surface area contributed by atoms with Gasteiger partial charge in [-0.15, -0.1) is 0 Å². The number of rotatable bonds is 4. The fraction of sp³-hybridized carbons (Fsp3) is 0.312. The van der Waals surface area contributed by atoms with Crippen molar-refractivity contribution in [2.75, 3.05) is 26.2 Å². The summed E-state index contributed by atoms with van der Waals surface area (Å²) in [6.07, 6.45) is 0.920. The number of piperazine rings is 1. The maximum Gasteiger partial charge on any atom is 0.209 e. The van der Waals surface area contributed by atoms with Gasteiger partial charge in [-0.1, -0.05) is 11.6 Å². The number of nitrogens with zero attached hydrogens (tertiary/aromatic N) is 2. The van der Waals surface area contributed by atoms with E-state index in [1.807, 2.05) is 36.4 Å². The Morgan fingerprint density at radius 1 is 1.05 bits per heavy atom. The van der Waals surface area contributed by atoms with Gasteiger partial charge in [0.25, 0.3) is 0 Å². The molecule has 0 saturated carbocycles. The molecule has 5 heteroatoms. The Balaban J connectivity index is 1.63. The van der Waals surface area contributed by atoms with E-state index in [2.05, 4.69) is 4.90 Å². The van der Waals surface area contributed by atoms with Crippen LogP contribution in [0.5, 0.6) is 0 Å². The highest BCUT2D eigenvalue weighted by Crippen LogP contribution is 2.24. The number of carbonyl (C=O) groups is 1. The standard InChI is InChI=1S/C16H17ClN2O2/c17-14-3-1-13(2-4-14)16-6-5-15(21-16)11-18-7-9-19(12-20)10-8-18/h1-6,12H,7-11H2. The number of carbonyl (C=O) groups excluding carboxylic acids is 1. The van der Waals surface area contributed by atoms with E-state index in [0.29, 0.717) is 0 Å².